The van der Waals surface area contributed by atoms with Crippen molar-refractivity contribution in [2.75, 3.05) is 25.1 Å². The summed E-state index contributed by atoms with van der Waals surface area (Å²) in [5.74, 6) is -0.973. The molecule has 1 aliphatic heterocycles. The minimum absolute atomic E-state index is 0.141. The molecule has 0 spiro atoms. The molecule has 6 heteroatoms. The topological polar surface area (TPSA) is 62.7 Å². The van der Waals surface area contributed by atoms with Crippen LogP contribution in [0.4, 0.5) is 5.69 Å². The second-order valence-electron chi connectivity index (χ2n) is 4.61. The predicted molar refractivity (Wildman–Crippen MR) is 74.2 cm³/mol. The zero-order valence-corrected chi connectivity index (χ0v) is 11.3. The quantitative estimate of drug-likeness (QED) is 0.932. The molecule has 1 atom stereocenters. The number of carboxylic acids is 1. The molecule has 1 N–H and O–H groups in total. The summed E-state index contributed by atoms with van der Waals surface area (Å²) in [6, 6.07) is 5.82. The zero-order chi connectivity index (χ0) is 13.4. The maximum atomic E-state index is 11.0. The Morgan fingerprint density at radius 2 is 2.42 bits per heavy atom. The fourth-order valence-electron chi connectivity index (χ4n) is 2.43. The highest BCUT2D eigenvalue weighted by molar-refractivity contribution is 7.13. The van der Waals surface area contributed by atoms with Crippen molar-refractivity contribution < 1.29 is 14.6 Å². The Kier molecular flexibility index (Phi) is 3.12. The third-order valence-electron chi connectivity index (χ3n) is 3.50. The molecule has 1 saturated heterocycles. The molecule has 100 valence electrons. The highest BCUT2D eigenvalue weighted by atomic mass is 32.1. The standard InChI is InChI=1S/C13H14N2O3S/c1-18-9-4-5-15(7-9)8-2-3-10-11(6-8)19-14-12(10)13(16)17/h2-3,6,9H,4-5,7H2,1H3,(H,16,17)/t9-/m0/s1. The first-order valence-corrected chi connectivity index (χ1v) is 6.87. The van der Waals surface area contributed by atoms with E-state index in [9.17, 15) is 4.79 Å². The molecule has 1 aromatic carbocycles. The molecular weight excluding hydrogens is 264 g/mol. The van der Waals surface area contributed by atoms with Crippen molar-refractivity contribution in [2.24, 2.45) is 0 Å². The van der Waals surface area contributed by atoms with E-state index < -0.39 is 5.97 Å². The van der Waals surface area contributed by atoms with E-state index in [2.05, 4.69) is 9.27 Å². The van der Waals surface area contributed by atoms with Gasteiger partial charge in [-0.1, -0.05) is 0 Å². The molecule has 1 aromatic heterocycles. The van der Waals surface area contributed by atoms with Crippen LogP contribution in [0.1, 0.15) is 16.9 Å². The van der Waals surface area contributed by atoms with E-state index in [4.69, 9.17) is 9.84 Å². The van der Waals surface area contributed by atoms with E-state index in [1.165, 1.54) is 11.5 Å². The van der Waals surface area contributed by atoms with E-state index in [-0.39, 0.29) is 11.8 Å². The minimum atomic E-state index is -0.973. The van der Waals surface area contributed by atoms with Gasteiger partial charge in [0, 0.05) is 31.3 Å². The molecule has 0 unspecified atom stereocenters. The van der Waals surface area contributed by atoms with Crippen molar-refractivity contribution in [3.05, 3.63) is 23.9 Å². The van der Waals surface area contributed by atoms with Gasteiger partial charge < -0.3 is 14.7 Å². The van der Waals surface area contributed by atoms with Crippen molar-refractivity contribution in [1.82, 2.24) is 4.37 Å². The van der Waals surface area contributed by atoms with Crippen LogP contribution in [0.15, 0.2) is 18.2 Å². The Morgan fingerprint density at radius 3 is 3.11 bits per heavy atom. The van der Waals surface area contributed by atoms with Gasteiger partial charge in [-0.25, -0.2) is 4.79 Å². The van der Waals surface area contributed by atoms with E-state index in [0.717, 1.165) is 29.9 Å². The average Bonchev–Trinajstić information content (AvgIpc) is 3.04. The third kappa shape index (κ3) is 2.17. The number of aromatic nitrogens is 1. The van der Waals surface area contributed by atoms with Crippen LogP contribution >= 0.6 is 11.5 Å². The van der Waals surface area contributed by atoms with Crippen LogP contribution < -0.4 is 4.90 Å². The monoisotopic (exact) mass is 278 g/mol. The number of carboxylic acid groups (broad SMARTS) is 1. The molecule has 19 heavy (non-hydrogen) atoms. The smallest absolute Gasteiger partial charge is 0.356 e. The lowest BCUT2D eigenvalue weighted by molar-refractivity contribution is 0.0694. The molecule has 3 rings (SSSR count). The summed E-state index contributed by atoms with van der Waals surface area (Å²) in [4.78, 5) is 13.3. The summed E-state index contributed by atoms with van der Waals surface area (Å²) in [6.45, 7) is 1.85. The van der Waals surface area contributed by atoms with Crippen molar-refractivity contribution in [2.45, 2.75) is 12.5 Å². The third-order valence-corrected chi connectivity index (χ3v) is 4.31. The zero-order valence-electron chi connectivity index (χ0n) is 10.5. The van der Waals surface area contributed by atoms with Crippen LogP contribution in [0.5, 0.6) is 0 Å². The first kappa shape index (κ1) is 12.4. The van der Waals surface area contributed by atoms with Gasteiger partial charge in [-0.05, 0) is 36.2 Å². The van der Waals surface area contributed by atoms with Crippen LogP contribution in [0, 0.1) is 0 Å². The van der Waals surface area contributed by atoms with Gasteiger partial charge in [-0.2, -0.15) is 4.37 Å². The molecule has 0 bridgehead atoms. The summed E-state index contributed by atoms with van der Waals surface area (Å²) >= 11 is 1.23. The lowest BCUT2D eigenvalue weighted by Crippen LogP contribution is -2.21. The number of methoxy groups -OCH3 is 1. The molecular formula is C13H14N2O3S. The van der Waals surface area contributed by atoms with E-state index in [1.807, 2.05) is 18.2 Å². The largest absolute Gasteiger partial charge is 0.476 e. The van der Waals surface area contributed by atoms with Crippen LogP contribution in [-0.2, 0) is 4.74 Å². The second-order valence-corrected chi connectivity index (χ2v) is 5.41. The summed E-state index contributed by atoms with van der Waals surface area (Å²) in [7, 11) is 1.74. The van der Waals surface area contributed by atoms with Crippen molar-refractivity contribution >= 4 is 33.3 Å². The summed E-state index contributed by atoms with van der Waals surface area (Å²) in [5.41, 5.74) is 1.25. The Hall–Kier alpha value is -1.66. The maximum Gasteiger partial charge on any atom is 0.356 e. The Morgan fingerprint density at radius 1 is 1.58 bits per heavy atom. The second kappa shape index (κ2) is 4.79. The van der Waals surface area contributed by atoms with Crippen LogP contribution in [0.2, 0.25) is 0 Å². The fourth-order valence-corrected chi connectivity index (χ4v) is 3.23. The van der Waals surface area contributed by atoms with Gasteiger partial charge in [-0.15, -0.1) is 0 Å². The Bertz CT molecular complexity index is 625. The van der Waals surface area contributed by atoms with Crippen molar-refractivity contribution in [1.29, 1.82) is 0 Å². The number of aromatic carboxylic acids is 1. The van der Waals surface area contributed by atoms with Gasteiger partial charge in [0.15, 0.2) is 5.69 Å². The van der Waals surface area contributed by atoms with Gasteiger partial charge in [0.1, 0.15) is 0 Å². The predicted octanol–water partition coefficient (Wildman–Crippen LogP) is 2.22. The normalized spacial score (nSPS) is 19.2. The number of rotatable bonds is 3. The molecule has 2 heterocycles. The number of carbonyl (C=O) groups is 1. The molecule has 0 aliphatic carbocycles. The van der Waals surface area contributed by atoms with Crippen molar-refractivity contribution in [3.8, 4) is 0 Å². The summed E-state index contributed by atoms with van der Waals surface area (Å²) in [6.07, 6.45) is 1.31. The number of nitrogens with zero attached hydrogens (tertiary/aromatic N) is 2. The fraction of sp³-hybridized carbons (Fsp3) is 0.385. The first-order valence-electron chi connectivity index (χ1n) is 6.09. The Balaban J connectivity index is 1.93. The average molecular weight is 278 g/mol. The minimum Gasteiger partial charge on any atom is -0.476 e. The molecule has 2 aromatic rings. The number of anilines is 1. The van der Waals surface area contributed by atoms with Gasteiger partial charge >= 0.3 is 5.97 Å². The van der Waals surface area contributed by atoms with Crippen molar-refractivity contribution in [3.63, 3.8) is 0 Å². The van der Waals surface area contributed by atoms with E-state index in [0.29, 0.717) is 5.39 Å². The molecule has 0 radical (unpaired) electrons. The van der Waals surface area contributed by atoms with Gasteiger partial charge in [0.25, 0.3) is 0 Å². The number of benzene rings is 1. The number of fused-ring (bicyclic) bond motifs is 1. The van der Waals surface area contributed by atoms with Gasteiger partial charge in [-0.3, -0.25) is 0 Å². The number of hydrogen-bond acceptors (Lipinski definition) is 5. The van der Waals surface area contributed by atoms with Crippen LogP contribution in [-0.4, -0.2) is 41.8 Å². The lowest BCUT2D eigenvalue weighted by Gasteiger charge is -2.18. The SMILES string of the molecule is CO[C@H]1CCN(c2ccc3c(C(=O)O)nsc3c2)C1. The lowest BCUT2D eigenvalue weighted by atomic mass is 10.2. The van der Waals surface area contributed by atoms with E-state index in [1.54, 1.807) is 7.11 Å². The first-order chi connectivity index (χ1) is 9.19. The van der Waals surface area contributed by atoms with E-state index >= 15 is 0 Å². The molecule has 1 aliphatic rings. The Labute approximate surface area is 114 Å². The van der Waals surface area contributed by atoms with Gasteiger partial charge in [0.2, 0.25) is 0 Å². The summed E-state index contributed by atoms with van der Waals surface area (Å²) < 4.78 is 10.3. The van der Waals surface area contributed by atoms with Gasteiger partial charge in [0.05, 0.1) is 10.8 Å². The highest BCUT2D eigenvalue weighted by Crippen LogP contribution is 2.29. The summed E-state index contributed by atoms with van der Waals surface area (Å²) in [5, 5.41) is 9.75. The number of ether oxygens (including phenoxy) is 1. The van der Waals surface area contributed by atoms with Crippen LogP contribution in [0.3, 0.4) is 0 Å². The number of hydrogen-bond donors (Lipinski definition) is 1. The molecule has 0 saturated carbocycles. The molecule has 5 nitrogen and oxygen atoms in total. The molecule has 1 fully saturated rings. The highest BCUT2D eigenvalue weighted by Gasteiger charge is 2.23. The van der Waals surface area contributed by atoms with Crippen LogP contribution in [0.25, 0.3) is 10.1 Å². The molecule has 0 amide bonds. The maximum absolute atomic E-state index is 11.0.